The van der Waals surface area contributed by atoms with Crippen LogP contribution in [0, 0.1) is 5.41 Å². The molecule has 1 unspecified atom stereocenters. The largest absolute Gasteiger partial charge is 0.313 e. The minimum Gasteiger partial charge on any atom is -0.313 e. The quantitative estimate of drug-likeness (QED) is 0.839. The van der Waals surface area contributed by atoms with Crippen LogP contribution in [0.25, 0.3) is 0 Å². The van der Waals surface area contributed by atoms with Crippen LogP contribution in [0.4, 0.5) is 0 Å². The van der Waals surface area contributed by atoms with Gasteiger partial charge in [-0.3, -0.25) is 0 Å². The Balaban J connectivity index is 3.14. The summed E-state index contributed by atoms with van der Waals surface area (Å²) < 4.78 is 24.8. The summed E-state index contributed by atoms with van der Waals surface area (Å²) in [5.74, 6) is 0.214. The molecule has 0 spiro atoms. The number of rotatable bonds is 7. The van der Waals surface area contributed by atoms with Gasteiger partial charge in [0.25, 0.3) is 0 Å². The summed E-state index contributed by atoms with van der Waals surface area (Å²) in [4.78, 5) is 0.499. The van der Waals surface area contributed by atoms with E-state index in [0.29, 0.717) is 11.3 Å². The third kappa shape index (κ3) is 5.11. The van der Waals surface area contributed by atoms with Crippen LogP contribution in [-0.4, -0.2) is 26.8 Å². The van der Waals surface area contributed by atoms with E-state index in [1.807, 2.05) is 25.1 Å². The molecule has 3 nitrogen and oxygen atoms in total. The molecule has 1 N–H and O–H groups in total. The Morgan fingerprint density at radius 2 is 1.76 bits per heavy atom. The first-order valence-corrected chi connectivity index (χ1v) is 9.41. The van der Waals surface area contributed by atoms with Crippen molar-refractivity contribution >= 4 is 9.84 Å². The molecule has 120 valence electrons. The maximum Gasteiger partial charge on any atom is 0.178 e. The molecule has 0 fully saturated rings. The van der Waals surface area contributed by atoms with Crippen LogP contribution in [0.15, 0.2) is 29.2 Å². The molecule has 0 aliphatic carbocycles. The summed E-state index contributed by atoms with van der Waals surface area (Å²) in [5, 5.41) is 3.49. The molecule has 1 aromatic rings. The van der Waals surface area contributed by atoms with E-state index in [1.165, 1.54) is 0 Å². The number of hydrogen-bond acceptors (Lipinski definition) is 3. The number of likely N-dealkylation sites (N-methyl/N-ethyl adjacent to an activating group) is 1. The zero-order valence-electron chi connectivity index (χ0n) is 13.9. The molecule has 21 heavy (non-hydrogen) atoms. The molecule has 1 aromatic carbocycles. The number of nitrogens with one attached hydrogen (secondary N) is 1. The highest BCUT2D eigenvalue weighted by Crippen LogP contribution is 2.26. The molecule has 0 radical (unpaired) electrons. The fourth-order valence-corrected chi connectivity index (χ4v) is 4.10. The molecule has 1 atom stereocenters. The fraction of sp³-hybridized carbons (Fsp3) is 0.647. The first-order chi connectivity index (χ1) is 9.72. The summed E-state index contributed by atoms with van der Waals surface area (Å²) >= 11 is 0. The Kier molecular flexibility index (Phi) is 6.41. The molecule has 0 aliphatic rings. The highest BCUT2D eigenvalue weighted by Gasteiger charge is 2.26. The Morgan fingerprint density at radius 1 is 1.14 bits per heavy atom. The monoisotopic (exact) mass is 311 g/mol. The van der Waals surface area contributed by atoms with Crippen molar-refractivity contribution in [3.63, 3.8) is 0 Å². The third-order valence-electron chi connectivity index (χ3n) is 3.70. The van der Waals surface area contributed by atoms with Crippen molar-refractivity contribution in [1.82, 2.24) is 5.32 Å². The van der Waals surface area contributed by atoms with Crippen molar-refractivity contribution < 1.29 is 8.42 Å². The van der Waals surface area contributed by atoms with Gasteiger partial charge in [0.05, 0.1) is 10.6 Å². The lowest BCUT2D eigenvalue weighted by molar-refractivity contribution is 0.269. The van der Waals surface area contributed by atoms with Gasteiger partial charge in [0, 0.05) is 6.04 Å². The third-order valence-corrected chi connectivity index (χ3v) is 5.71. The van der Waals surface area contributed by atoms with E-state index in [1.54, 1.807) is 6.07 Å². The van der Waals surface area contributed by atoms with Crippen molar-refractivity contribution in [2.45, 2.75) is 58.4 Å². The van der Waals surface area contributed by atoms with Gasteiger partial charge < -0.3 is 5.32 Å². The van der Waals surface area contributed by atoms with Crippen LogP contribution in [0.3, 0.4) is 0 Å². The van der Waals surface area contributed by atoms with Gasteiger partial charge in [-0.05, 0) is 36.4 Å². The van der Waals surface area contributed by atoms with Gasteiger partial charge in [-0.2, -0.15) is 0 Å². The minimum atomic E-state index is -3.17. The van der Waals surface area contributed by atoms with Crippen LogP contribution in [0.2, 0.25) is 0 Å². The summed E-state index contributed by atoms with van der Waals surface area (Å²) in [6.45, 7) is 11.4. The second-order valence-corrected chi connectivity index (χ2v) is 8.68. The van der Waals surface area contributed by atoms with Crippen LogP contribution >= 0.6 is 0 Å². The number of sulfone groups is 1. The fourth-order valence-electron chi connectivity index (χ4n) is 2.51. The minimum absolute atomic E-state index is 0.0810. The second kappa shape index (κ2) is 7.41. The molecule has 0 saturated carbocycles. The van der Waals surface area contributed by atoms with Crippen LogP contribution in [0.1, 0.15) is 46.6 Å². The van der Waals surface area contributed by atoms with E-state index in [-0.39, 0.29) is 17.2 Å². The zero-order chi connectivity index (χ0) is 16.1. The highest BCUT2D eigenvalue weighted by atomic mass is 32.2. The molecular formula is C17H29NO2S. The van der Waals surface area contributed by atoms with Crippen LogP contribution < -0.4 is 5.32 Å². The van der Waals surface area contributed by atoms with E-state index in [9.17, 15) is 8.42 Å². The van der Waals surface area contributed by atoms with Crippen molar-refractivity contribution in [3.05, 3.63) is 29.8 Å². The molecule has 0 bridgehead atoms. The van der Waals surface area contributed by atoms with Crippen LogP contribution in [0.5, 0.6) is 0 Å². The lowest BCUT2D eigenvalue weighted by atomic mass is 9.83. The van der Waals surface area contributed by atoms with Gasteiger partial charge in [0.2, 0.25) is 0 Å². The van der Waals surface area contributed by atoms with E-state index >= 15 is 0 Å². The molecule has 0 saturated heterocycles. The van der Waals surface area contributed by atoms with E-state index in [0.717, 1.165) is 18.5 Å². The van der Waals surface area contributed by atoms with Crippen molar-refractivity contribution in [2.75, 3.05) is 12.3 Å². The highest BCUT2D eigenvalue weighted by molar-refractivity contribution is 7.91. The first kappa shape index (κ1) is 18.2. The lowest BCUT2D eigenvalue weighted by Gasteiger charge is -2.32. The molecule has 0 amide bonds. The van der Waals surface area contributed by atoms with E-state index in [2.05, 4.69) is 33.0 Å². The predicted molar refractivity (Wildman–Crippen MR) is 89.4 cm³/mol. The topological polar surface area (TPSA) is 46.2 Å². The molecule has 4 heteroatoms. The van der Waals surface area contributed by atoms with Gasteiger partial charge in [0.1, 0.15) is 0 Å². The van der Waals surface area contributed by atoms with Gasteiger partial charge in [0.15, 0.2) is 9.84 Å². The zero-order valence-corrected chi connectivity index (χ0v) is 14.8. The van der Waals surface area contributed by atoms with E-state index < -0.39 is 9.84 Å². The standard InChI is InChI=1S/C17H29NO2S/c1-6-12-21(19,20)15-11-9-8-10-14(15)13-16(18-7-2)17(3,4)5/h8-11,16,18H,6-7,12-13H2,1-5H3. The predicted octanol–water partition coefficient (Wildman–Crippen LogP) is 3.44. The van der Waals surface area contributed by atoms with Crippen LogP contribution in [-0.2, 0) is 16.3 Å². The molecule has 0 aromatic heterocycles. The second-order valence-electron chi connectivity index (χ2n) is 6.61. The number of benzene rings is 1. The maximum absolute atomic E-state index is 12.4. The van der Waals surface area contributed by atoms with Crippen molar-refractivity contribution in [3.8, 4) is 0 Å². The van der Waals surface area contributed by atoms with E-state index in [4.69, 9.17) is 0 Å². The molecule has 0 aliphatic heterocycles. The van der Waals surface area contributed by atoms with Crippen molar-refractivity contribution in [2.24, 2.45) is 5.41 Å². The molecule has 1 rings (SSSR count). The summed E-state index contributed by atoms with van der Waals surface area (Å²) in [6.07, 6.45) is 1.38. The van der Waals surface area contributed by atoms with Crippen molar-refractivity contribution in [1.29, 1.82) is 0 Å². The molecular weight excluding hydrogens is 282 g/mol. The van der Waals surface area contributed by atoms with Gasteiger partial charge in [-0.1, -0.05) is 52.8 Å². The first-order valence-electron chi connectivity index (χ1n) is 7.76. The Hall–Kier alpha value is -0.870. The summed E-state index contributed by atoms with van der Waals surface area (Å²) in [7, 11) is -3.17. The maximum atomic E-state index is 12.4. The Labute approximate surface area is 130 Å². The summed E-state index contributed by atoms with van der Waals surface area (Å²) in [5.41, 5.74) is 1.00. The lowest BCUT2D eigenvalue weighted by Crippen LogP contribution is -2.42. The smallest absolute Gasteiger partial charge is 0.178 e. The van der Waals surface area contributed by atoms with Gasteiger partial charge >= 0.3 is 0 Å². The van der Waals surface area contributed by atoms with Gasteiger partial charge in [-0.15, -0.1) is 0 Å². The molecule has 0 heterocycles. The van der Waals surface area contributed by atoms with Gasteiger partial charge in [-0.25, -0.2) is 8.42 Å². The average molecular weight is 311 g/mol. The average Bonchev–Trinajstić information content (AvgIpc) is 2.37. The Bertz CT molecular complexity index is 544. The SMILES string of the molecule is CCCS(=O)(=O)c1ccccc1CC(NCC)C(C)(C)C. The normalized spacial score (nSPS) is 14.1. The Morgan fingerprint density at radius 3 is 2.29 bits per heavy atom. The number of hydrogen-bond donors (Lipinski definition) is 1. The summed E-state index contributed by atoms with van der Waals surface area (Å²) in [6, 6.07) is 7.67.